The van der Waals surface area contributed by atoms with Crippen molar-refractivity contribution < 1.29 is 4.79 Å². The third-order valence-corrected chi connectivity index (χ3v) is 5.97. The van der Waals surface area contributed by atoms with E-state index in [9.17, 15) is 4.79 Å². The smallest absolute Gasteiger partial charge is 0.251 e. The van der Waals surface area contributed by atoms with E-state index >= 15 is 0 Å². The Morgan fingerprint density at radius 3 is 2.55 bits per heavy atom. The lowest BCUT2D eigenvalue weighted by atomic mass is 10.1. The average Bonchev–Trinajstić information content (AvgIpc) is 3.28. The molecule has 0 spiro atoms. The van der Waals surface area contributed by atoms with Gasteiger partial charge in [0, 0.05) is 48.0 Å². The molecular weight excluding hydrogens is 384 g/mol. The van der Waals surface area contributed by atoms with Crippen LogP contribution in [0.3, 0.4) is 0 Å². The van der Waals surface area contributed by atoms with Crippen LogP contribution in [-0.4, -0.2) is 26.8 Å². The molecule has 1 N–H and O–H groups in total. The molecule has 0 fully saturated rings. The summed E-state index contributed by atoms with van der Waals surface area (Å²) in [7, 11) is 0. The van der Waals surface area contributed by atoms with Crippen molar-refractivity contribution in [2.45, 2.75) is 40.8 Å². The van der Waals surface area contributed by atoms with E-state index in [1.165, 1.54) is 16.8 Å². The molecule has 0 unspecified atom stereocenters. The Morgan fingerprint density at radius 2 is 1.84 bits per heavy atom. The maximum absolute atomic E-state index is 12.8. The second kappa shape index (κ2) is 8.80. The number of hydrogen-bond donors (Lipinski definition) is 1. The minimum absolute atomic E-state index is 0.0294. The molecule has 5 heteroatoms. The molecule has 0 bridgehead atoms. The van der Waals surface area contributed by atoms with Crippen molar-refractivity contribution in [1.82, 2.24) is 19.7 Å². The van der Waals surface area contributed by atoms with Crippen LogP contribution in [0, 0.1) is 26.7 Å². The number of rotatable bonds is 7. The van der Waals surface area contributed by atoms with Crippen molar-refractivity contribution in [3.63, 3.8) is 0 Å². The molecule has 0 aliphatic carbocycles. The number of aryl methyl sites for hydroxylation is 2. The van der Waals surface area contributed by atoms with Gasteiger partial charge in [-0.3, -0.25) is 9.48 Å². The van der Waals surface area contributed by atoms with E-state index in [1.54, 1.807) is 0 Å². The lowest BCUT2D eigenvalue weighted by Crippen LogP contribution is -2.30. The number of benzene rings is 2. The van der Waals surface area contributed by atoms with Crippen LogP contribution >= 0.6 is 0 Å². The van der Waals surface area contributed by atoms with Gasteiger partial charge in [0.1, 0.15) is 0 Å². The van der Waals surface area contributed by atoms with Crippen LogP contribution < -0.4 is 5.32 Å². The van der Waals surface area contributed by atoms with Crippen LogP contribution in [0.15, 0.2) is 60.8 Å². The molecule has 2 aromatic heterocycles. The zero-order valence-corrected chi connectivity index (χ0v) is 18.7. The van der Waals surface area contributed by atoms with Crippen molar-refractivity contribution in [2.24, 2.45) is 5.92 Å². The van der Waals surface area contributed by atoms with Crippen molar-refractivity contribution in [2.75, 3.05) is 6.54 Å². The predicted octanol–water partition coefficient (Wildman–Crippen LogP) is 4.88. The summed E-state index contributed by atoms with van der Waals surface area (Å²) >= 11 is 0. The number of aromatic nitrogens is 3. The number of amides is 1. The summed E-state index contributed by atoms with van der Waals surface area (Å²) in [5.74, 6) is 0.265. The van der Waals surface area contributed by atoms with E-state index in [2.05, 4.69) is 66.1 Å². The Kier molecular flexibility index (Phi) is 5.94. The fourth-order valence-electron chi connectivity index (χ4n) is 4.08. The molecule has 5 nitrogen and oxygen atoms in total. The van der Waals surface area contributed by atoms with Crippen LogP contribution in [0.5, 0.6) is 0 Å². The minimum atomic E-state index is -0.0294. The number of nitrogens with zero attached hydrogens (tertiary/aromatic N) is 3. The number of carbonyl (C=O) groups excluding carboxylic acids is 1. The largest absolute Gasteiger partial charge is 0.352 e. The monoisotopic (exact) mass is 414 g/mol. The van der Waals surface area contributed by atoms with Gasteiger partial charge >= 0.3 is 0 Å². The van der Waals surface area contributed by atoms with Crippen LogP contribution in [0.4, 0.5) is 0 Å². The average molecular weight is 415 g/mol. The Labute approximate surface area is 183 Å². The summed E-state index contributed by atoms with van der Waals surface area (Å²) in [5.41, 5.74) is 6.61. The molecule has 4 aromatic rings. The van der Waals surface area contributed by atoms with Crippen molar-refractivity contribution in [1.29, 1.82) is 0 Å². The van der Waals surface area contributed by atoms with Crippen LogP contribution in [-0.2, 0) is 13.1 Å². The molecule has 0 radical (unpaired) electrons. The Balaban J connectivity index is 1.48. The zero-order valence-electron chi connectivity index (χ0n) is 18.7. The van der Waals surface area contributed by atoms with Gasteiger partial charge in [-0.2, -0.15) is 5.10 Å². The van der Waals surface area contributed by atoms with E-state index < -0.39 is 0 Å². The fraction of sp³-hybridized carbons (Fsp3) is 0.308. The predicted molar refractivity (Wildman–Crippen MR) is 125 cm³/mol. The maximum atomic E-state index is 12.8. The summed E-state index contributed by atoms with van der Waals surface area (Å²) in [6, 6.07) is 18.5. The number of carbonyl (C=O) groups is 1. The summed E-state index contributed by atoms with van der Waals surface area (Å²) < 4.78 is 4.26. The molecule has 1 atom stereocenters. The Morgan fingerprint density at radius 1 is 1.06 bits per heavy atom. The first-order valence-electron chi connectivity index (χ1n) is 10.8. The molecule has 2 heterocycles. The van der Waals surface area contributed by atoms with Crippen molar-refractivity contribution >= 4 is 16.8 Å². The van der Waals surface area contributed by atoms with Gasteiger partial charge in [0.05, 0.1) is 5.69 Å². The number of fused-ring (bicyclic) bond motifs is 1. The summed E-state index contributed by atoms with van der Waals surface area (Å²) in [6.45, 7) is 10.6. The molecule has 1 amide bonds. The van der Waals surface area contributed by atoms with Crippen molar-refractivity contribution in [3.05, 3.63) is 88.9 Å². The molecule has 4 rings (SSSR count). The second-order valence-corrected chi connectivity index (χ2v) is 8.51. The standard InChI is InChI=1S/C26H30N4O/c1-18(16-29-13-12-19(2)28-29)15-27-26(31)23-10-11-25-24(14-23)20(3)21(4)30(25)17-22-8-6-5-7-9-22/h5-14,18H,15-17H2,1-4H3,(H,27,31)/t18-/m0/s1. The molecule has 2 aromatic carbocycles. The first-order chi connectivity index (χ1) is 14.9. The van der Waals surface area contributed by atoms with Gasteiger partial charge in [0.25, 0.3) is 5.91 Å². The van der Waals surface area contributed by atoms with Gasteiger partial charge < -0.3 is 9.88 Å². The molecule has 0 saturated heterocycles. The zero-order chi connectivity index (χ0) is 22.0. The van der Waals surface area contributed by atoms with Gasteiger partial charge in [0.15, 0.2) is 0 Å². The summed E-state index contributed by atoms with van der Waals surface area (Å²) in [6.07, 6.45) is 1.98. The van der Waals surface area contributed by atoms with Gasteiger partial charge in [-0.05, 0) is 62.1 Å². The van der Waals surface area contributed by atoms with E-state index in [4.69, 9.17) is 0 Å². The first kappa shape index (κ1) is 20.9. The summed E-state index contributed by atoms with van der Waals surface area (Å²) in [4.78, 5) is 12.8. The molecule has 0 aliphatic rings. The quantitative estimate of drug-likeness (QED) is 0.469. The third kappa shape index (κ3) is 4.55. The Bertz CT molecular complexity index is 1200. The highest BCUT2D eigenvalue weighted by molar-refractivity contribution is 5.99. The highest BCUT2D eigenvalue weighted by Gasteiger charge is 2.15. The minimum Gasteiger partial charge on any atom is -0.352 e. The van der Waals surface area contributed by atoms with Crippen LogP contribution in [0.2, 0.25) is 0 Å². The SMILES string of the molecule is Cc1ccn(C[C@@H](C)CNC(=O)c2ccc3c(c2)c(C)c(C)n3Cc2ccccc2)n1. The van der Waals surface area contributed by atoms with Gasteiger partial charge in [-0.1, -0.05) is 37.3 Å². The molecule has 160 valence electrons. The lowest BCUT2D eigenvalue weighted by Gasteiger charge is -2.13. The maximum Gasteiger partial charge on any atom is 0.251 e. The van der Waals surface area contributed by atoms with Crippen LogP contribution in [0.1, 0.15) is 39.8 Å². The molecule has 31 heavy (non-hydrogen) atoms. The van der Waals surface area contributed by atoms with E-state index in [0.29, 0.717) is 18.0 Å². The highest BCUT2D eigenvalue weighted by Crippen LogP contribution is 2.27. The van der Waals surface area contributed by atoms with E-state index in [0.717, 1.165) is 29.7 Å². The van der Waals surface area contributed by atoms with Gasteiger partial charge in [-0.15, -0.1) is 0 Å². The van der Waals surface area contributed by atoms with Crippen molar-refractivity contribution in [3.8, 4) is 0 Å². The van der Waals surface area contributed by atoms with Gasteiger partial charge in [-0.25, -0.2) is 0 Å². The number of nitrogens with one attached hydrogen (secondary N) is 1. The highest BCUT2D eigenvalue weighted by atomic mass is 16.1. The molecule has 0 aliphatic heterocycles. The normalized spacial score (nSPS) is 12.3. The van der Waals surface area contributed by atoms with E-state index in [-0.39, 0.29) is 5.91 Å². The Hall–Kier alpha value is -3.34. The lowest BCUT2D eigenvalue weighted by molar-refractivity contribution is 0.0946. The third-order valence-electron chi connectivity index (χ3n) is 5.97. The fourth-order valence-corrected chi connectivity index (χ4v) is 4.08. The van der Waals surface area contributed by atoms with Crippen LogP contribution in [0.25, 0.3) is 10.9 Å². The molecule has 0 saturated carbocycles. The van der Waals surface area contributed by atoms with Gasteiger partial charge in [0.2, 0.25) is 0 Å². The summed E-state index contributed by atoms with van der Waals surface area (Å²) in [5, 5.41) is 8.65. The first-order valence-corrected chi connectivity index (χ1v) is 10.8. The topological polar surface area (TPSA) is 51.9 Å². The second-order valence-electron chi connectivity index (χ2n) is 8.51. The molecular formula is C26H30N4O. The number of hydrogen-bond acceptors (Lipinski definition) is 2. The van der Waals surface area contributed by atoms with E-state index in [1.807, 2.05) is 42.1 Å².